The molecule has 0 radical (unpaired) electrons. The van der Waals surface area contributed by atoms with Gasteiger partial charge in [0, 0.05) is 18.4 Å². The van der Waals surface area contributed by atoms with Crippen molar-refractivity contribution in [1.29, 1.82) is 0 Å². The van der Waals surface area contributed by atoms with Crippen molar-refractivity contribution >= 4 is 6.41 Å². The zero-order valence-electron chi connectivity index (χ0n) is 7.95. The molecule has 0 fully saturated rings. The first-order chi connectivity index (χ1) is 6.24. The maximum Gasteiger partial charge on any atom is 0.207 e. The lowest BCUT2D eigenvalue weighted by Crippen LogP contribution is -2.10. The minimum atomic E-state index is 0.452. The summed E-state index contributed by atoms with van der Waals surface area (Å²) >= 11 is 0. The Labute approximate surface area is 78.2 Å². The van der Waals surface area contributed by atoms with E-state index >= 15 is 0 Å². The normalized spacial score (nSPS) is 10.1. The van der Waals surface area contributed by atoms with E-state index in [0.29, 0.717) is 18.9 Å². The molecule has 13 heavy (non-hydrogen) atoms. The third kappa shape index (κ3) is 2.86. The number of amides is 1. The first-order valence-corrected chi connectivity index (χ1v) is 4.36. The van der Waals surface area contributed by atoms with Crippen LogP contribution in [0.25, 0.3) is 0 Å². The molecule has 0 bridgehead atoms. The Morgan fingerprint density at radius 2 is 2.31 bits per heavy atom. The monoisotopic (exact) mass is 178 g/mol. The summed E-state index contributed by atoms with van der Waals surface area (Å²) in [5, 5.41) is 2.59. The Morgan fingerprint density at radius 3 is 2.77 bits per heavy atom. The fourth-order valence-corrected chi connectivity index (χ4v) is 1.04. The van der Waals surface area contributed by atoms with Crippen LogP contribution < -0.4 is 5.32 Å². The van der Waals surface area contributed by atoms with Gasteiger partial charge in [0.1, 0.15) is 0 Å². The molecule has 0 saturated carbocycles. The molecule has 0 aliphatic heterocycles. The molecule has 0 atom stereocenters. The summed E-state index contributed by atoms with van der Waals surface area (Å²) in [5.74, 6) is 0.452. The van der Waals surface area contributed by atoms with E-state index in [0.717, 1.165) is 11.3 Å². The summed E-state index contributed by atoms with van der Waals surface area (Å²) in [6.45, 7) is 4.76. The average Bonchev–Trinajstić information content (AvgIpc) is 2.15. The third-order valence-electron chi connectivity index (χ3n) is 1.83. The molecule has 0 aliphatic rings. The Bertz CT molecular complexity index is 267. The van der Waals surface area contributed by atoms with Gasteiger partial charge in [-0.3, -0.25) is 9.78 Å². The quantitative estimate of drug-likeness (QED) is 0.709. The molecule has 3 heteroatoms. The Kier molecular flexibility index (Phi) is 3.43. The van der Waals surface area contributed by atoms with Gasteiger partial charge in [-0.1, -0.05) is 19.9 Å². The van der Waals surface area contributed by atoms with Crippen molar-refractivity contribution in [2.45, 2.75) is 26.3 Å². The highest BCUT2D eigenvalue weighted by molar-refractivity contribution is 5.46. The highest BCUT2D eigenvalue weighted by atomic mass is 16.1. The van der Waals surface area contributed by atoms with E-state index in [4.69, 9.17) is 0 Å². The molecular formula is C10H14N2O. The highest BCUT2D eigenvalue weighted by Crippen LogP contribution is 2.10. The van der Waals surface area contributed by atoms with Gasteiger partial charge in [0.2, 0.25) is 6.41 Å². The number of nitrogens with zero attached hydrogens (tertiary/aromatic N) is 1. The molecule has 0 aromatic carbocycles. The molecule has 1 heterocycles. The number of rotatable bonds is 4. The minimum absolute atomic E-state index is 0.452. The van der Waals surface area contributed by atoms with Crippen LogP contribution in [0.5, 0.6) is 0 Å². The highest BCUT2D eigenvalue weighted by Gasteiger charge is 1.99. The summed E-state index contributed by atoms with van der Waals surface area (Å²) in [7, 11) is 0. The number of carbonyl (C=O) groups excluding carboxylic acids is 1. The first kappa shape index (κ1) is 9.71. The van der Waals surface area contributed by atoms with Crippen LogP contribution in [0.4, 0.5) is 0 Å². The second kappa shape index (κ2) is 4.60. The van der Waals surface area contributed by atoms with Crippen molar-refractivity contribution in [2.75, 3.05) is 0 Å². The van der Waals surface area contributed by atoms with Gasteiger partial charge in [-0.25, -0.2) is 0 Å². The summed E-state index contributed by atoms with van der Waals surface area (Å²) in [6.07, 6.45) is 2.49. The van der Waals surface area contributed by atoms with Gasteiger partial charge in [-0.2, -0.15) is 0 Å². The van der Waals surface area contributed by atoms with E-state index in [2.05, 4.69) is 24.1 Å². The SMILES string of the molecule is CC(C)c1ccc(CNC=O)cn1. The van der Waals surface area contributed by atoms with Gasteiger partial charge in [0.05, 0.1) is 0 Å². The largest absolute Gasteiger partial charge is 0.355 e. The maximum atomic E-state index is 10.0. The number of hydrogen-bond acceptors (Lipinski definition) is 2. The Morgan fingerprint density at radius 1 is 1.54 bits per heavy atom. The lowest BCUT2D eigenvalue weighted by atomic mass is 10.1. The molecule has 1 amide bonds. The zero-order valence-corrected chi connectivity index (χ0v) is 7.95. The van der Waals surface area contributed by atoms with Crippen LogP contribution in [0.3, 0.4) is 0 Å². The Balaban J connectivity index is 2.64. The summed E-state index contributed by atoms with van der Waals surface area (Å²) < 4.78 is 0. The molecule has 0 spiro atoms. The molecule has 0 saturated heterocycles. The first-order valence-electron chi connectivity index (χ1n) is 4.36. The fraction of sp³-hybridized carbons (Fsp3) is 0.400. The van der Waals surface area contributed by atoms with Crippen molar-refractivity contribution in [3.05, 3.63) is 29.6 Å². The van der Waals surface area contributed by atoms with E-state index in [1.807, 2.05) is 12.1 Å². The predicted octanol–water partition coefficient (Wildman–Crippen LogP) is 1.45. The predicted molar refractivity (Wildman–Crippen MR) is 51.2 cm³/mol. The fourth-order valence-electron chi connectivity index (χ4n) is 1.04. The van der Waals surface area contributed by atoms with E-state index in [-0.39, 0.29) is 0 Å². The maximum absolute atomic E-state index is 10.0. The van der Waals surface area contributed by atoms with Crippen molar-refractivity contribution in [1.82, 2.24) is 10.3 Å². The van der Waals surface area contributed by atoms with E-state index in [1.54, 1.807) is 6.20 Å². The summed E-state index contributed by atoms with van der Waals surface area (Å²) in [5.41, 5.74) is 2.10. The lowest BCUT2D eigenvalue weighted by Gasteiger charge is -2.04. The van der Waals surface area contributed by atoms with Crippen molar-refractivity contribution in [3.8, 4) is 0 Å². The number of pyridine rings is 1. The van der Waals surface area contributed by atoms with Gasteiger partial charge in [-0.05, 0) is 17.5 Å². The number of aromatic nitrogens is 1. The van der Waals surface area contributed by atoms with Crippen LogP contribution in [0.1, 0.15) is 31.0 Å². The number of carbonyl (C=O) groups is 1. The topological polar surface area (TPSA) is 42.0 Å². The summed E-state index contributed by atoms with van der Waals surface area (Å²) in [4.78, 5) is 14.3. The van der Waals surface area contributed by atoms with E-state index in [9.17, 15) is 4.79 Å². The molecule has 1 rings (SSSR count). The number of hydrogen-bond donors (Lipinski definition) is 1. The van der Waals surface area contributed by atoms with E-state index < -0.39 is 0 Å². The second-order valence-electron chi connectivity index (χ2n) is 3.24. The van der Waals surface area contributed by atoms with Gasteiger partial charge in [-0.15, -0.1) is 0 Å². The van der Waals surface area contributed by atoms with Crippen LogP contribution in [0.2, 0.25) is 0 Å². The zero-order chi connectivity index (χ0) is 9.68. The van der Waals surface area contributed by atoms with Gasteiger partial charge < -0.3 is 5.32 Å². The van der Waals surface area contributed by atoms with Crippen LogP contribution in [0.15, 0.2) is 18.3 Å². The molecule has 1 N–H and O–H groups in total. The average molecular weight is 178 g/mol. The van der Waals surface area contributed by atoms with Crippen LogP contribution >= 0.6 is 0 Å². The molecule has 3 nitrogen and oxygen atoms in total. The van der Waals surface area contributed by atoms with E-state index in [1.165, 1.54) is 0 Å². The molecule has 0 aliphatic carbocycles. The van der Waals surface area contributed by atoms with Crippen molar-refractivity contribution in [2.24, 2.45) is 0 Å². The van der Waals surface area contributed by atoms with Crippen molar-refractivity contribution in [3.63, 3.8) is 0 Å². The second-order valence-corrected chi connectivity index (χ2v) is 3.24. The van der Waals surface area contributed by atoms with Gasteiger partial charge in [0.25, 0.3) is 0 Å². The van der Waals surface area contributed by atoms with Gasteiger partial charge >= 0.3 is 0 Å². The molecule has 1 aromatic rings. The molecule has 1 aromatic heterocycles. The standard InChI is InChI=1S/C10H14N2O/c1-8(2)10-4-3-9(6-12-10)5-11-7-13/h3-4,6-8H,5H2,1-2H3,(H,11,13). The summed E-state index contributed by atoms with van der Waals surface area (Å²) in [6, 6.07) is 3.98. The van der Waals surface area contributed by atoms with Crippen LogP contribution in [0, 0.1) is 0 Å². The molecule has 70 valence electrons. The molecular weight excluding hydrogens is 164 g/mol. The number of nitrogens with one attached hydrogen (secondary N) is 1. The smallest absolute Gasteiger partial charge is 0.207 e. The van der Waals surface area contributed by atoms with Gasteiger partial charge in [0.15, 0.2) is 0 Å². The van der Waals surface area contributed by atoms with Crippen LogP contribution in [-0.2, 0) is 11.3 Å². The van der Waals surface area contributed by atoms with Crippen LogP contribution in [-0.4, -0.2) is 11.4 Å². The minimum Gasteiger partial charge on any atom is -0.355 e. The molecule has 0 unspecified atom stereocenters. The van der Waals surface area contributed by atoms with Crippen molar-refractivity contribution < 1.29 is 4.79 Å². The third-order valence-corrected chi connectivity index (χ3v) is 1.83. The Hall–Kier alpha value is -1.38. The lowest BCUT2D eigenvalue weighted by molar-refractivity contribution is -0.109.